The lowest BCUT2D eigenvalue weighted by atomic mass is 9.90. The van der Waals surface area contributed by atoms with Crippen molar-refractivity contribution in [2.75, 3.05) is 20.3 Å². The van der Waals surface area contributed by atoms with E-state index in [9.17, 15) is 4.79 Å². The van der Waals surface area contributed by atoms with E-state index in [1.165, 1.54) is 10.4 Å². The molecule has 1 fully saturated rings. The minimum atomic E-state index is -0.738. The standard InChI is InChI=1S/C13H20N2O2S/c1-10-3-8-18-11(10)9-15(2)12(16)13(14)4-6-17-7-5-13/h3,8H,4-7,9,14H2,1-2H3. The molecular weight excluding hydrogens is 248 g/mol. The fraction of sp³-hybridized carbons (Fsp3) is 0.615. The number of aryl methyl sites for hydroxylation is 1. The summed E-state index contributed by atoms with van der Waals surface area (Å²) < 4.78 is 5.27. The highest BCUT2D eigenvalue weighted by molar-refractivity contribution is 7.10. The molecule has 0 spiro atoms. The van der Waals surface area contributed by atoms with Gasteiger partial charge in [0.2, 0.25) is 5.91 Å². The second-order valence-corrected chi connectivity index (χ2v) is 5.96. The van der Waals surface area contributed by atoms with Gasteiger partial charge in [0, 0.05) is 25.1 Å². The zero-order valence-corrected chi connectivity index (χ0v) is 11.8. The van der Waals surface area contributed by atoms with Gasteiger partial charge in [0.25, 0.3) is 0 Å². The predicted octanol–water partition coefficient (Wildman–Crippen LogP) is 1.52. The number of hydrogen-bond donors (Lipinski definition) is 1. The van der Waals surface area contributed by atoms with Gasteiger partial charge < -0.3 is 15.4 Å². The van der Waals surface area contributed by atoms with Crippen LogP contribution < -0.4 is 5.73 Å². The molecule has 18 heavy (non-hydrogen) atoms. The van der Waals surface area contributed by atoms with Gasteiger partial charge in [-0.05, 0) is 36.8 Å². The third-order valence-electron chi connectivity index (χ3n) is 3.51. The van der Waals surface area contributed by atoms with Gasteiger partial charge in [-0.1, -0.05) is 0 Å². The van der Waals surface area contributed by atoms with Gasteiger partial charge in [0.15, 0.2) is 0 Å². The van der Waals surface area contributed by atoms with Crippen LogP contribution in [0.15, 0.2) is 11.4 Å². The highest BCUT2D eigenvalue weighted by Crippen LogP contribution is 2.23. The normalized spacial score (nSPS) is 18.6. The van der Waals surface area contributed by atoms with Crippen molar-refractivity contribution >= 4 is 17.2 Å². The molecule has 1 saturated heterocycles. The summed E-state index contributed by atoms with van der Waals surface area (Å²) >= 11 is 1.68. The van der Waals surface area contributed by atoms with Gasteiger partial charge in [0.05, 0.1) is 12.1 Å². The van der Waals surface area contributed by atoms with E-state index in [2.05, 4.69) is 18.4 Å². The van der Waals surface area contributed by atoms with Gasteiger partial charge in [-0.3, -0.25) is 4.79 Å². The Morgan fingerprint density at radius 2 is 2.22 bits per heavy atom. The third-order valence-corrected chi connectivity index (χ3v) is 4.51. The highest BCUT2D eigenvalue weighted by Gasteiger charge is 2.37. The van der Waals surface area contributed by atoms with E-state index >= 15 is 0 Å². The van der Waals surface area contributed by atoms with E-state index < -0.39 is 5.54 Å². The van der Waals surface area contributed by atoms with Crippen molar-refractivity contribution in [3.8, 4) is 0 Å². The molecule has 5 heteroatoms. The van der Waals surface area contributed by atoms with Crippen molar-refractivity contribution in [2.24, 2.45) is 5.73 Å². The molecule has 1 aromatic rings. The van der Waals surface area contributed by atoms with Crippen LogP contribution in [0.1, 0.15) is 23.3 Å². The molecule has 1 amide bonds. The monoisotopic (exact) mass is 268 g/mol. The van der Waals surface area contributed by atoms with Gasteiger partial charge in [-0.25, -0.2) is 0 Å². The Morgan fingerprint density at radius 1 is 1.56 bits per heavy atom. The topological polar surface area (TPSA) is 55.6 Å². The summed E-state index contributed by atoms with van der Waals surface area (Å²) in [5, 5.41) is 2.05. The molecule has 1 aromatic heterocycles. The van der Waals surface area contributed by atoms with E-state index in [-0.39, 0.29) is 5.91 Å². The lowest BCUT2D eigenvalue weighted by Gasteiger charge is -2.35. The molecule has 4 nitrogen and oxygen atoms in total. The quantitative estimate of drug-likeness (QED) is 0.904. The summed E-state index contributed by atoms with van der Waals surface area (Å²) in [5.41, 5.74) is 6.70. The lowest BCUT2D eigenvalue weighted by Crippen LogP contribution is -2.57. The summed E-state index contributed by atoms with van der Waals surface area (Å²) in [6, 6.07) is 2.07. The van der Waals surface area contributed by atoms with Gasteiger partial charge in [0.1, 0.15) is 0 Å². The van der Waals surface area contributed by atoms with Crippen LogP contribution in [-0.4, -0.2) is 36.6 Å². The zero-order chi connectivity index (χ0) is 13.2. The number of ether oxygens (including phenoxy) is 1. The fourth-order valence-corrected chi connectivity index (χ4v) is 3.14. The molecule has 0 aliphatic carbocycles. The molecule has 0 radical (unpaired) electrons. The van der Waals surface area contributed by atoms with Gasteiger partial charge in [-0.2, -0.15) is 0 Å². The number of carbonyl (C=O) groups excluding carboxylic acids is 1. The first-order valence-corrected chi connectivity index (χ1v) is 7.06. The summed E-state index contributed by atoms with van der Waals surface area (Å²) in [4.78, 5) is 15.4. The number of amides is 1. The molecule has 1 aliphatic rings. The van der Waals surface area contributed by atoms with Crippen LogP contribution in [0.2, 0.25) is 0 Å². The average molecular weight is 268 g/mol. The first kappa shape index (κ1) is 13.5. The summed E-state index contributed by atoms with van der Waals surface area (Å²) in [7, 11) is 1.82. The van der Waals surface area contributed by atoms with E-state index in [1.54, 1.807) is 16.2 Å². The maximum Gasteiger partial charge on any atom is 0.242 e. The van der Waals surface area contributed by atoms with E-state index in [1.807, 2.05) is 7.05 Å². The van der Waals surface area contributed by atoms with Gasteiger partial charge in [-0.15, -0.1) is 11.3 Å². The summed E-state index contributed by atoms with van der Waals surface area (Å²) in [6.45, 7) is 3.86. The van der Waals surface area contributed by atoms with Crippen LogP contribution in [0, 0.1) is 6.92 Å². The van der Waals surface area contributed by atoms with Crippen molar-refractivity contribution in [2.45, 2.75) is 31.8 Å². The molecule has 2 rings (SSSR count). The second kappa shape index (κ2) is 5.38. The average Bonchev–Trinajstić information content (AvgIpc) is 2.75. The SMILES string of the molecule is Cc1ccsc1CN(C)C(=O)C1(N)CCOCC1. The van der Waals surface area contributed by atoms with Gasteiger partial charge >= 0.3 is 0 Å². The van der Waals surface area contributed by atoms with Crippen LogP contribution in [-0.2, 0) is 16.1 Å². The molecule has 1 aliphatic heterocycles. The molecule has 2 N–H and O–H groups in total. The van der Waals surface area contributed by atoms with Crippen molar-refractivity contribution in [3.05, 3.63) is 21.9 Å². The van der Waals surface area contributed by atoms with E-state index in [0.717, 1.165) is 0 Å². The van der Waals surface area contributed by atoms with Crippen molar-refractivity contribution in [1.82, 2.24) is 4.90 Å². The predicted molar refractivity (Wildman–Crippen MR) is 72.5 cm³/mol. The fourth-order valence-electron chi connectivity index (χ4n) is 2.18. The molecule has 0 saturated carbocycles. The molecule has 0 aromatic carbocycles. The smallest absolute Gasteiger partial charge is 0.242 e. The Morgan fingerprint density at radius 3 is 2.78 bits per heavy atom. The van der Waals surface area contributed by atoms with Crippen LogP contribution >= 0.6 is 11.3 Å². The molecule has 0 unspecified atom stereocenters. The largest absolute Gasteiger partial charge is 0.381 e. The molecule has 2 heterocycles. The lowest BCUT2D eigenvalue weighted by molar-refractivity contribution is -0.139. The summed E-state index contributed by atoms with van der Waals surface area (Å²) in [6.07, 6.45) is 1.22. The second-order valence-electron chi connectivity index (χ2n) is 4.96. The first-order chi connectivity index (χ1) is 8.53. The van der Waals surface area contributed by atoms with Crippen LogP contribution in [0.4, 0.5) is 0 Å². The van der Waals surface area contributed by atoms with Crippen molar-refractivity contribution < 1.29 is 9.53 Å². The van der Waals surface area contributed by atoms with E-state index in [4.69, 9.17) is 10.5 Å². The Balaban J connectivity index is 2.02. The van der Waals surface area contributed by atoms with Crippen LogP contribution in [0.25, 0.3) is 0 Å². The number of likely N-dealkylation sites (N-methyl/N-ethyl adjacent to an activating group) is 1. The van der Waals surface area contributed by atoms with Crippen LogP contribution in [0.3, 0.4) is 0 Å². The maximum absolute atomic E-state index is 12.4. The number of rotatable bonds is 3. The Hall–Kier alpha value is -0.910. The Labute approximate surface area is 112 Å². The van der Waals surface area contributed by atoms with E-state index in [0.29, 0.717) is 32.6 Å². The molecule has 100 valence electrons. The number of carbonyl (C=O) groups is 1. The Kier molecular flexibility index (Phi) is 4.04. The minimum Gasteiger partial charge on any atom is -0.381 e. The third kappa shape index (κ3) is 2.74. The van der Waals surface area contributed by atoms with Crippen LogP contribution in [0.5, 0.6) is 0 Å². The molecule has 0 bridgehead atoms. The highest BCUT2D eigenvalue weighted by atomic mass is 32.1. The molecule has 0 atom stereocenters. The number of nitrogens with two attached hydrogens (primary N) is 1. The first-order valence-electron chi connectivity index (χ1n) is 6.18. The zero-order valence-electron chi connectivity index (χ0n) is 10.9. The Bertz CT molecular complexity index is 424. The number of hydrogen-bond acceptors (Lipinski definition) is 4. The maximum atomic E-state index is 12.4. The number of thiophene rings is 1. The summed E-state index contributed by atoms with van der Waals surface area (Å²) in [5.74, 6) is 0.0265. The van der Waals surface area contributed by atoms with Crippen molar-refractivity contribution in [3.63, 3.8) is 0 Å². The minimum absolute atomic E-state index is 0.0265. The van der Waals surface area contributed by atoms with Crippen molar-refractivity contribution in [1.29, 1.82) is 0 Å². The number of nitrogens with zero attached hydrogens (tertiary/aromatic N) is 1. The molecular formula is C13H20N2O2S.